The Balaban J connectivity index is 1.74. The van der Waals surface area contributed by atoms with Gasteiger partial charge in [-0.2, -0.15) is 0 Å². The quantitative estimate of drug-likeness (QED) is 0.705. The predicted octanol–water partition coefficient (Wildman–Crippen LogP) is 0.374. The largest absolute Gasteiger partial charge is 0.314 e. The van der Waals surface area contributed by atoms with Gasteiger partial charge in [-0.3, -0.25) is 9.80 Å². The topological polar surface area (TPSA) is 18.5 Å². The summed E-state index contributed by atoms with van der Waals surface area (Å²) in [5.74, 6) is 0. The molecule has 3 heteroatoms. The van der Waals surface area contributed by atoms with Gasteiger partial charge in [-0.05, 0) is 13.3 Å². The van der Waals surface area contributed by atoms with Gasteiger partial charge in [-0.15, -0.1) is 0 Å². The summed E-state index contributed by atoms with van der Waals surface area (Å²) in [4.78, 5) is 5.28. The van der Waals surface area contributed by atoms with Gasteiger partial charge in [0, 0.05) is 51.4 Å². The van der Waals surface area contributed by atoms with E-state index in [1.54, 1.807) is 0 Å². The van der Waals surface area contributed by atoms with Crippen LogP contribution in [0, 0.1) is 0 Å². The molecule has 2 aliphatic heterocycles. The Kier molecular flexibility index (Phi) is 3.42. The number of nitrogens with zero attached hydrogens (tertiary/aromatic N) is 2. The minimum Gasteiger partial charge on any atom is -0.314 e. The summed E-state index contributed by atoms with van der Waals surface area (Å²) < 4.78 is 0. The summed E-state index contributed by atoms with van der Waals surface area (Å²) in [7, 11) is 0. The van der Waals surface area contributed by atoms with Crippen LogP contribution in [0.15, 0.2) is 0 Å². The fourth-order valence-electron chi connectivity index (χ4n) is 2.33. The van der Waals surface area contributed by atoms with Gasteiger partial charge in [-0.25, -0.2) is 0 Å². The lowest BCUT2D eigenvalue weighted by molar-refractivity contribution is 0.0546. The third-order valence-electron chi connectivity index (χ3n) is 3.84. The van der Waals surface area contributed by atoms with Crippen LogP contribution in [-0.4, -0.2) is 61.2 Å². The van der Waals surface area contributed by atoms with Crippen LogP contribution in [0.1, 0.15) is 20.3 Å². The molecule has 0 saturated carbocycles. The van der Waals surface area contributed by atoms with E-state index in [0.717, 1.165) is 12.1 Å². The molecule has 14 heavy (non-hydrogen) atoms. The summed E-state index contributed by atoms with van der Waals surface area (Å²) in [5, 5.41) is 3.35. The van der Waals surface area contributed by atoms with E-state index in [2.05, 4.69) is 29.0 Å². The van der Waals surface area contributed by atoms with Gasteiger partial charge < -0.3 is 5.32 Å². The van der Waals surface area contributed by atoms with E-state index in [1.807, 2.05) is 0 Å². The van der Waals surface area contributed by atoms with Gasteiger partial charge in [0.05, 0.1) is 0 Å². The molecule has 82 valence electrons. The zero-order valence-electron chi connectivity index (χ0n) is 9.50. The first-order valence-electron chi connectivity index (χ1n) is 6.00. The summed E-state index contributed by atoms with van der Waals surface area (Å²) >= 11 is 0. The Morgan fingerprint density at radius 1 is 1.21 bits per heavy atom. The van der Waals surface area contributed by atoms with Crippen molar-refractivity contribution in [3.8, 4) is 0 Å². The zero-order valence-corrected chi connectivity index (χ0v) is 9.50. The first kappa shape index (κ1) is 10.4. The lowest BCUT2D eigenvalue weighted by Crippen LogP contribution is -2.62. The minimum absolute atomic E-state index is 0.775. The summed E-state index contributed by atoms with van der Waals surface area (Å²) in [6.45, 7) is 12.1. The molecule has 0 spiro atoms. The second-order valence-electron chi connectivity index (χ2n) is 4.64. The van der Waals surface area contributed by atoms with Crippen LogP contribution in [0.2, 0.25) is 0 Å². The molecule has 1 unspecified atom stereocenters. The van der Waals surface area contributed by atoms with Gasteiger partial charge >= 0.3 is 0 Å². The lowest BCUT2D eigenvalue weighted by atomic mass is 10.1. The molecule has 1 N–H and O–H groups in total. The fourth-order valence-corrected chi connectivity index (χ4v) is 2.33. The molecule has 1 atom stereocenters. The molecule has 2 rings (SSSR count). The lowest BCUT2D eigenvalue weighted by Gasteiger charge is -2.44. The molecule has 2 saturated heterocycles. The Hall–Kier alpha value is -0.120. The number of rotatable bonds is 3. The molecule has 2 aliphatic rings. The molecular weight excluding hydrogens is 174 g/mol. The molecule has 0 radical (unpaired) electrons. The molecule has 2 fully saturated rings. The molecule has 0 aromatic rings. The summed E-state index contributed by atoms with van der Waals surface area (Å²) in [5.41, 5.74) is 0. The van der Waals surface area contributed by atoms with Gasteiger partial charge in [0.25, 0.3) is 0 Å². The highest BCUT2D eigenvalue weighted by molar-refractivity contribution is 4.88. The Morgan fingerprint density at radius 3 is 2.29 bits per heavy atom. The van der Waals surface area contributed by atoms with Crippen molar-refractivity contribution in [3.63, 3.8) is 0 Å². The summed E-state index contributed by atoms with van der Waals surface area (Å²) in [6, 6.07) is 1.62. The average molecular weight is 197 g/mol. The average Bonchev–Trinajstić information content (AvgIpc) is 2.15. The van der Waals surface area contributed by atoms with Crippen LogP contribution in [0.5, 0.6) is 0 Å². The number of hydrogen-bond donors (Lipinski definition) is 1. The normalized spacial score (nSPS) is 28.7. The first-order valence-corrected chi connectivity index (χ1v) is 6.00. The van der Waals surface area contributed by atoms with Crippen molar-refractivity contribution < 1.29 is 0 Å². The van der Waals surface area contributed by atoms with E-state index in [1.165, 1.54) is 45.7 Å². The third-order valence-corrected chi connectivity index (χ3v) is 3.84. The van der Waals surface area contributed by atoms with Gasteiger partial charge in [0.2, 0.25) is 0 Å². The molecule has 3 nitrogen and oxygen atoms in total. The van der Waals surface area contributed by atoms with E-state index in [9.17, 15) is 0 Å². The molecule has 0 amide bonds. The molecular formula is C11H23N3. The second kappa shape index (κ2) is 4.60. The smallest absolute Gasteiger partial charge is 0.0346 e. The number of piperazine rings is 1. The highest BCUT2D eigenvalue weighted by Crippen LogP contribution is 2.12. The van der Waals surface area contributed by atoms with E-state index in [-0.39, 0.29) is 0 Å². The Bertz CT molecular complexity index is 159. The zero-order chi connectivity index (χ0) is 9.97. The van der Waals surface area contributed by atoms with Crippen molar-refractivity contribution in [1.29, 1.82) is 0 Å². The van der Waals surface area contributed by atoms with Crippen LogP contribution < -0.4 is 5.32 Å². The maximum absolute atomic E-state index is 3.35. The van der Waals surface area contributed by atoms with E-state index < -0.39 is 0 Å². The molecule has 0 bridgehead atoms. The number of nitrogens with one attached hydrogen (secondary N) is 1. The Labute approximate surface area is 87.4 Å². The van der Waals surface area contributed by atoms with Crippen molar-refractivity contribution >= 4 is 0 Å². The van der Waals surface area contributed by atoms with Gasteiger partial charge in [0.15, 0.2) is 0 Å². The Morgan fingerprint density at radius 2 is 1.86 bits per heavy atom. The highest BCUT2D eigenvalue weighted by atomic mass is 15.3. The van der Waals surface area contributed by atoms with E-state index in [0.29, 0.717) is 0 Å². The maximum Gasteiger partial charge on any atom is 0.0346 e. The molecule has 0 aromatic carbocycles. The van der Waals surface area contributed by atoms with Crippen molar-refractivity contribution in [2.75, 3.05) is 39.3 Å². The monoisotopic (exact) mass is 197 g/mol. The molecule has 2 heterocycles. The SMILES string of the molecule is CCC(C)N1CCN(C2CNC2)CC1. The van der Waals surface area contributed by atoms with Crippen LogP contribution in [0.25, 0.3) is 0 Å². The van der Waals surface area contributed by atoms with Crippen LogP contribution in [0.4, 0.5) is 0 Å². The van der Waals surface area contributed by atoms with E-state index >= 15 is 0 Å². The molecule has 0 aromatic heterocycles. The van der Waals surface area contributed by atoms with Gasteiger partial charge in [-0.1, -0.05) is 6.92 Å². The van der Waals surface area contributed by atoms with Crippen molar-refractivity contribution in [3.05, 3.63) is 0 Å². The highest BCUT2D eigenvalue weighted by Gasteiger charge is 2.28. The van der Waals surface area contributed by atoms with Crippen molar-refractivity contribution in [2.45, 2.75) is 32.4 Å². The second-order valence-corrected chi connectivity index (χ2v) is 4.64. The summed E-state index contributed by atoms with van der Waals surface area (Å²) in [6.07, 6.45) is 1.28. The molecule has 0 aliphatic carbocycles. The predicted molar refractivity (Wildman–Crippen MR) is 59.6 cm³/mol. The van der Waals surface area contributed by atoms with Crippen LogP contribution >= 0.6 is 0 Å². The first-order chi connectivity index (χ1) is 6.81. The third kappa shape index (κ3) is 2.10. The van der Waals surface area contributed by atoms with Crippen molar-refractivity contribution in [1.82, 2.24) is 15.1 Å². The standard InChI is InChI=1S/C11H23N3/c1-3-10(2)13-4-6-14(7-5-13)11-8-12-9-11/h10-12H,3-9H2,1-2H3. The fraction of sp³-hybridized carbons (Fsp3) is 1.00. The van der Waals surface area contributed by atoms with Crippen LogP contribution in [-0.2, 0) is 0 Å². The number of hydrogen-bond acceptors (Lipinski definition) is 3. The van der Waals surface area contributed by atoms with E-state index in [4.69, 9.17) is 0 Å². The van der Waals surface area contributed by atoms with Gasteiger partial charge in [0.1, 0.15) is 0 Å². The van der Waals surface area contributed by atoms with Crippen molar-refractivity contribution in [2.24, 2.45) is 0 Å². The minimum atomic E-state index is 0.775. The maximum atomic E-state index is 3.35. The van der Waals surface area contributed by atoms with Crippen LogP contribution in [0.3, 0.4) is 0 Å².